The fraction of sp³-hybridized carbons (Fsp3) is 0.192. The number of aryl methyl sites for hydroxylation is 1. The molecule has 1 unspecified atom stereocenters. The molecule has 4 rings (SSSR count). The van der Waals surface area contributed by atoms with Crippen molar-refractivity contribution in [1.29, 1.82) is 0 Å². The lowest BCUT2D eigenvalue weighted by molar-refractivity contribution is -0.132. The molecule has 1 atom stereocenters. The van der Waals surface area contributed by atoms with E-state index in [-0.39, 0.29) is 30.8 Å². The highest BCUT2D eigenvalue weighted by atomic mass is 16.4. The van der Waals surface area contributed by atoms with Gasteiger partial charge in [0.2, 0.25) is 5.91 Å². The quantitative estimate of drug-likeness (QED) is 0.457. The molecule has 7 nitrogen and oxygen atoms in total. The number of aromatic nitrogens is 1. The van der Waals surface area contributed by atoms with Crippen molar-refractivity contribution >= 4 is 28.6 Å². The largest absolute Gasteiger partial charge is 0.419 e. The second kappa shape index (κ2) is 9.56. The minimum atomic E-state index is -0.471. The fourth-order valence-electron chi connectivity index (χ4n) is 3.72. The van der Waals surface area contributed by atoms with Gasteiger partial charge in [-0.2, -0.15) is 0 Å². The minimum absolute atomic E-state index is 0.0987. The number of anilines is 1. The molecule has 0 radical (unpaired) electrons. The monoisotopic (exact) mass is 443 g/mol. The maximum absolute atomic E-state index is 12.9. The van der Waals surface area contributed by atoms with Crippen LogP contribution in [0.5, 0.6) is 0 Å². The molecule has 7 heteroatoms. The molecule has 33 heavy (non-hydrogen) atoms. The van der Waals surface area contributed by atoms with Crippen molar-refractivity contribution in [2.24, 2.45) is 0 Å². The average Bonchev–Trinajstić information content (AvgIpc) is 3.17. The number of hydrogen-bond donors (Lipinski definition) is 1. The summed E-state index contributed by atoms with van der Waals surface area (Å²) in [7, 11) is 1.73. The molecule has 0 aliphatic carbocycles. The van der Waals surface area contributed by atoms with Crippen LogP contribution in [-0.2, 0) is 11.3 Å². The first kappa shape index (κ1) is 22.1. The smallest absolute Gasteiger partial charge is 0.408 e. The van der Waals surface area contributed by atoms with E-state index in [1.165, 1.54) is 4.57 Å². The Morgan fingerprint density at radius 2 is 1.73 bits per heavy atom. The minimum Gasteiger partial charge on any atom is -0.408 e. The maximum Gasteiger partial charge on any atom is 0.419 e. The van der Waals surface area contributed by atoms with Gasteiger partial charge in [0, 0.05) is 31.3 Å². The molecule has 1 aromatic heterocycles. The van der Waals surface area contributed by atoms with Crippen LogP contribution in [0.1, 0.15) is 35.3 Å². The first-order chi connectivity index (χ1) is 15.9. The highest BCUT2D eigenvalue weighted by molar-refractivity contribution is 6.04. The predicted molar refractivity (Wildman–Crippen MR) is 127 cm³/mol. The van der Waals surface area contributed by atoms with Gasteiger partial charge in [-0.1, -0.05) is 42.5 Å². The first-order valence-corrected chi connectivity index (χ1v) is 10.7. The van der Waals surface area contributed by atoms with Gasteiger partial charge in [-0.25, -0.2) is 4.79 Å². The molecule has 168 valence electrons. The first-order valence-electron chi connectivity index (χ1n) is 10.7. The predicted octanol–water partition coefficient (Wildman–Crippen LogP) is 4.46. The van der Waals surface area contributed by atoms with Gasteiger partial charge in [-0.15, -0.1) is 0 Å². The topological polar surface area (TPSA) is 84.5 Å². The van der Waals surface area contributed by atoms with Crippen molar-refractivity contribution in [3.05, 3.63) is 101 Å². The number of benzene rings is 3. The molecule has 0 saturated carbocycles. The van der Waals surface area contributed by atoms with Gasteiger partial charge in [0.1, 0.15) is 0 Å². The number of nitrogens with one attached hydrogen (secondary N) is 1. The number of oxazole rings is 1. The zero-order valence-electron chi connectivity index (χ0n) is 18.5. The van der Waals surface area contributed by atoms with E-state index in [2.05, 4.69) is 5.32 Å². The summed E-state index contributed by atoms with van der Waals surface area (Å²) in [6.07, 6.45) is 0.161. The zero-order chi connectivity index (χ0) is 23.4. The Balaban J connectivity index is 1.42. The molecule has 0 spiro atoms. The van der Waals surface area contributed by atoms with E-state index in [9.17, 15) is 14.4 Å². The SMILES string of the molecule is CC(c1cccc(NC(=O)c2ccccc2)c1)N(C)C(=O)CCn1c(=O)oc2ccccc21. The van der Waals surface area contributed by atoms with E-state index in [4.69, 9.17) is 4.42 Å². The Bertz CT molecular complexity index is 1340. The van der Waals surface area contributed by atoms with Crippen LogP contribution in [0.15, 0.2) is 88.1 Å². The van der Waals surface area contributed by atoms with E-state index in [0.29, 0.717) is 22.4 Å². The number of fused-ring (bicyclic) bond motifs is 1. The van der Waals surface area contributed by atoms with Crippen LogP contribution in [0.4, 0.5) is 5.69 Å². The van der Waals surface area contributed by atoms with Gasteiger partial charge in [-0.05, 0) is 48.9 Å². The highest BCUT2D eigenvalue weighted by Crippen LogP contribution is 2.23. The highest BCUT2D eigenvalue weighted by Gasteiger charge is 2.19. The lowest BCUT2D eigenvalue weighted by Gasteiger charge is -2.26. The van der Waals surface area contributed by atoms with Crippen LogP contribution in [0.3, 0.4) is 0 Å². The number of carbonyl (C=O) groups is 2. The van der Waals surface area contributed by atoms with E-state index in [1.54, 1.807) is 42.3 Å². The summed E-state index contributed by atoms with van der Waals surface area (Å²) in [6, 6.07) is 23.4. The summed E-state index contributed by atoms with van der Waals surface area (Å²) in [6.45, 7) is 2.16. The number of para-hydroxylation sites is 2. The van der Waals surface area contributed by atoms with Gasteiger partial charge in [0.15, 0.2) is 5.58 Å². The molecule has 0 bridgehead atoms. The van der Waals surface area contributed by atoms with E-state index >= 15 is 0 Å². The van der Waals surface area contributed by atoms with Crippen LogP contribution in [-0.4, -0.2) is 28.3 Å². The van der Waals surface area contributed by atoms with Crippen molar-refractivity contribution in [2.75, 3.05) is 12.4 Å². The Hall–Kier alpha value is -4.13. The van der Waals surface area contributed by atoms with Crippen molar-refractivity contribution in [3.8, 4) is 0 Å². The summed E-state index contributed by atoms with van der Waals surface area (Å²) in [5.41, 5.74) is 3.30. The van der Waals surface area contributed by atoms with Gasteiger partial charge in [0.05, 0.1) is 11.6 Å². The number of nitrogens with zero attached hydrogens (tertiary/aromatic N) is 2. The Morgan fingerprint density at radius 3 is 2.52 bits per heavy atom. The van der Waals surface area contributed by atoms with Gasteiger partial charge >= 0.3 is 5.76 Å². The molecule has 0 saturated heterocycles. The number of rotatable bonds is 7. The summed E-state index contributed by atoms with van der Waals surface area (Å²) in [4.78, 5) is 39.1. The maximum atomic E-state index is 12.9. The third kappa shape index (κ3) is 4.87. The standard InChI is InChI=1S/C26H25N3O4/c1-18(20-11-8-12-21(17-20)27-25(31)19-9-4-3-5-10-19)28(2)24(30)15-16-29-22-13-6-7-14-23(22)33-26(29)32/h3-14,17-18H,15-16H2,1-2H3,(H,27,31). The summed E-state index contributed by atoms with van der Waals surface area (Å²) in [5.74, 6) is -0.761. The average molecular weight is 444 g/mol. The third-order valence-electron chi connectivity index (χ3n) is 5.76. The van der Waals surface area contributed by atoms with E-state index in [0.717, 1.165) is 5.56 Å². The summed E-state index contributed by atoms with van der Waals surface area (Å²) >= 11 is 0. The lowest BCUT2D eigenvalue weighted by Crippen LogP contribution is -2.31. The number of amides is 2. The Labute approximate surface area is 191 Å². The molecule has 0 aliphatic heterocycles. The molecular formula is C26H25N3O4. The van der Waals surface area contributed by atoms with Crippen molar-refractivity contribution in [1.82, 2.24) is 9.47 Å². The Morgan fingerprint density at radius 1 is 1.00 bits per heavy atom. The van der Waals surface area contributed by atoms with E-state index < -0.39 is 5.76 Å². The number of carbonyl (C=O) groups excluding carboxylic acids is 2. The molecule has 0 fully saturated rings. The molecule has 4 aromatic rings. The zero-order valence-corrected chi connectivity index (χ0v) is 18.5. The van der Waals surface area contributed by atoms with Gasteiger partial charge in [0.25, 0.3) is 5.91 Å². The van der Waals surface area contributed by atoms with Crippen LogP contribution in [0, 0.1) is 0 Å². The van der Waals surface area contributed by atoms with Gasteiger partial charge < -0.3 is 14.6 Å². The van der Waals surface area contributed by atoms with Crippen LogP contribution >= 0.6 is 0 Å². The van der Waals surface area contributed by atoms with Crippen molar-refractivity contribution in [2.45, 2.75) is 25.9 Å². The molecule has 0 aliphatic rings. The summed E-state index contributed by atoms with van der Waals surface area (Å²) < 4.78 is 6.71. The Kier molecular flexibility index (Phi) is 6.40. The van der Waals surface area contributed by atoms with Crippen LogP contribution in [0.25, 0.3) is 11.1 Å². The number of hydrogen-bond acceptors (Lipinski definition) is 4. The molecular weight excluding hydrogens is 418 g/mol. The third-order valence-corrected chi connectivity index (χ3v) is 5.76. The lowest BCUT2D eigenvalue weighted by atomic mass is 10.1. The van der Waals surface area contributed by atoms with Gasteiger partial charge in [-0.3, -0.25) is 14.2 Å². The molecule has 1 N–H and O–H groups in total. The summed E-state index contributed by atoms with van der Waals surface area (Å²) in [5, 5.41) is 2.90. The van der Waals surface area contributed by atoms with Crippen molar-refractivity contribution < 1.29 is 14.0 Å². The second-order valence-electron chi connectivity index (χ2n) is 7.86. The van der Waals surface area contributed by atoms with Crippen LogP contribution in [0.2, 0.25) is 0 Å². The fourth-order valence-corrected chi connectivity index (χ4v) is 3.72. The van der Waals surface area contributed by atoms with E-state index in [1.807, 2.05) is 55.5 Å². The molecule has 3 aromatic carbocycles. The molecule has 1 heterocycles. The normalized spacial score (nSPS) is 11.8. The van der Waals surface area contributed by atoms with Crippen LogP contribution < -0.4 is 11.1 Å². The van der Waals surface area contributed by atoms with Crippen molar-refractivity contribution in [3.63, 3.8) is 0 Å². The molecule has 2 amide bonds. The second-order valence-corrected chi connectivity index (χ2v) is 7.86.